The summed E-state index contributed by atoms with van der Waals surface area (Å²) in [6.45, 7) is 1.91. The average Bonchev–Trinajstić information content (AvgIpc) is 2.44. The molecule has 1 N–H and O–H groups in total. The highest BCUT2D eigenvalue weighted by Crippen LogP contribution is 2.14. The first-order chi connectivity index (χ1) is 6.86. The van der Waals surface area contributed by atoms with Crippen LogP contribution < -0.4 is 10.7 Å². The highest BCUT2D eigenvalue weighted by Gasteiger charge is 2.24. The van der Waals surface area contributed by atoms with Crippen molar-refractivity contribution < 1.29 is 4.79 Å². The molecule has 79 valence electrons. The zero-order valence-corrected chi connectivity index (χ0v) is 8.54. The zero-order chi connectivity index (χ0) is 9.80. The maximum absolute atomic E-state index is 11.3. The van der Waals surface area contributed by atoms with Crippen LogP contribution in [-0.4, -0.2) is 30.2 Å². The Morgan fingerprint density at radius 3 is 3.00 bits per heavy atom. The third-order valence-electron chi connectivity index (χ3n) is 2.89. The molecule has 0 aliphatic carbocycles. The number of nitrogens with zero attached hydrogens (tertiary/aromatic N) is 2. The van der Waals surface area contributed by atoms with Gasteiger partial charge >= 0.3 is 0 Å². The Labute approximate surface area is 85.0 Å². The van der Waals surface area contributed by atoms with E-state index in [-0.39, 0.29) is 12.1 Å². The van der Waals surface area contributed by atoms with Crippen LogP contribution >= 0.6 is 0 Å². The van der Waals surface area contributed by atoms with Gasteiger partial charge in [0.1, 0.15) is 0 Å². The van der Waals surface area contributed by atoms with Crippen LogP contribution in [0.1, 0.15) is 38.5 Å². The zero-order valence-electron chi connectivity index (χ0n) is 8.54. The van der Waals surface area contributed by atoms with E-state index < -0.39 is 0 Å². The molecule has 4 heteroatoms. The van der Waals surface area contributed by atoms with Gasteiger partial charge in [0.2, 0.25) is 5.91 Å². The lowest BCUT2D eigenvalue weighted by Crippen LogP contribution is -2.52. The smallest absolute Gasteiger partial charge is 0.234 e. The van der Waals surface area contributed by atoms with E-state index in [1.54, 1.807) is 0 Å². The highest BCUT2D eigenvalue weighted by molar-refractivity contribution is 5.75. The summed E-state index contributed by atoms with van der Waals surface area (Å²) < 4.78 is 0. The number of hydrogen-bond donors (Lipinski definition) is 1. The first-order valence-electron chi connectivity index (χ1n) is 5.59. The largest absolute Gasteiger partial charge is 0.287 e. The van der Waals surface area contributed by atoms with Crippen molar-refractivity contribution >= 4 is 5.91 Å². The SMILES string of the molecule is O=C1CCCCN(C2CCCC[N]2)N1. The fourth-order valence-corrected chi connectivity index (χ4v) is 2.09. The van der Waals surface area contributed by atoms with E-state index in [0.29, 0.717) is 6.42 Å². The number of hydrogen-bond acceptors (Lipinski definition) is 2. The summed E-state index contributed by atoms with van der Waals surface area (Å²) in [4.78, 5) is 11.3. The third kappa shape index (κ3) is 2.45. The van der Waals surface area contributed by atoms with E-state index in [9.17, 15) is 4.79 Å². The molecule has 0 aromatic rings. The Morgan fingerprint density at radius 1 is 1.29 bits per heavy atom. The van der Waals surface area contributed by atoms with Crippen molar-refractivity contribution in [1.29, 1.82) is 0 Å². The Bertz CT molecular complexity index is 202. The van der Waals surface area contributed by atoms with Gasteiger partial charge in [0.15, 0.2) is 0 Å². The Hall–Kier alpha value is -0.610. The molecule has 2 fully saturated rings. The number of carbonyl (C=O) groups excluding carboxylic acids is 1. The Kier molecular flexibility index (Phi) is 3.37. The highest BCUT2D eigenvalue weighted by atomic mass is 16.2. The van der Waals surface area contributed by atoms with Crippen LogP contribution in [0.5, 0.6) is 0 Å². The van der Waals surface area contributed by atoms with Gasteiger partial charge < -0.3 is 0 Å². The van der Waals surface area contributed by atoms with E-state index in [2.05, 4.69) is 10.7 Å². The van der Waals surface area contributed by atoms with Gasteiger partial charge in [-0.05, 0) is 32.1 Å². The van der Waals surface area contributed by atoms with Gasteiger partial charge in [-0.15, -0.1) is 0 Å². The van der Waals surface area contributed by atoms with Gasteiger partial charge in [0, 0.05) is 19.5 Å². The number of hydrazine groups is 1. The molecule has 0 aromatic heterocycles. The molecule has 0 spiro atoms. The molecular formula is C10H18N3O. The van der Waals surface area contributed by atoms with Gasteiger partial charge in [0.05, 0.1) is 6.17 Å². The summed E-state index contributed by atoms with van der Waals surface area (Å²) in [7, 11) is 0. The van der Waals surface area contributed by atoms with Gasteiger partial charge in [-0.3, -0.25) is 10.2 Å². The average molecular weight is 196 g/mol. The number of rotatable bonds is 1. The topological polar surface area (TPSA) is 46.4 Å². The van der Waals surface area contributed by atoms with Crippen molar-refractivity contribution in [2.24, 2.45) is 0 Å². The molecule has 2 saturated heterocycles. The van der Waals surface area contributed by atoms with E-state index in [1.807, 2.05) is 5.01 Å². The minimum atomic E-state index is 0.156. The van der Waals surface area contributed by atoms with Crippen LogP contribution in [0.4, 0.5) is 0 Å². The predicted molar refractivity (Wildman–Crippen MR) is 53.3 cm³/mol. The normalized spacial score (nSPS) is 30.9. The fourth-order valence-electron chi connectivity index (χ4n) is 2.09. The molecule has 4 nitrogen and oxygen atoms in total. The molecule has 1 unspecified atom stereocenters. The Balaban J connectivity index is 1.90. The molecule has 2 rings (SSSR count). The van der Waals surface area contributed by atoms with Gasteiger partial charge in [-0.25, -0.2) is 10.3 Å². The van der Waals surface area contributed by atoms with Crippen molar-refractivity contribution in [3.63, 3.8) is 0 Å². The van der Waals surface area contributed by atoms with Crippen molar-refractivity contribution in [2.75, 3.05) is 13.1 Å². The minimum Gasteiger partial charge on any atom is -0.287 e. The molecule has 1 radical (unpaired) electrons. The van der Waals surface area contributed by atoms with Gasteiger partial charge in [-0.2, -0.15) is 0 Å². The number of carbonyl (C=O) groups is 1. The lowest BCUT2D eigenvalue weighted by atomic mass is 10.1. The molecule has 0 aromatic carbocycles. The lowest BCUT2D eigenvalue weighted by Gasteiger charge is -2.32. The predicted octanol–water partition coefficient (Wildman–Crippen LogP) is 0.618. The molecular weight excluding hydrogens is 178 g/mol. The second kappa shape index (κ2) is 4.75. The number of nitrogens with one attached hydrogen (secondary N) is 1. The molecule has 1 atom stereocenters. The first kappa shape index (κ1) is 9.93. The Morgan fingerprint density at radius 2 is 2.21 bits per heavy atom. The van der Waals surface area contributed by atoms with Gasteiger partial charge in [0.25, 0.3) is 0 Å². The second-order valence-corrected chi connectivity index (χ2v) is 4.07. The van der Waals surface area contributed by atoms with Crippen LogP contribution in [0.25, 0.3) is 0 Å². The van der Waals surface area contributed by atoms with Crippen LogP contribution in [0.15, 0.2) is 0 Å². The number of amides is 1. The molecule has 0 saturated carbocycles. The summed E-state index contributed by atoms with van der Waals surface area (Å²) in [5, 5.41) is 6.58. The van der Waals surface area contributed by atoms with Crippen molar-refractivity contribution in [3.05, 3.63) is 0 Å². The molecule has 2 aliphatic heterocycles. The molecule has 0 bridgehead atoms. The number of piperidine rings is 1. The van der Waals surface area contributed by atoms with Crippen molar-refractivity contribution in [3.8, 4) is 0 Å². The van der Waals surface area contributed by atoms with E-state index in [4.69, 9.17) is 0 Å². The second-order valence-electron chi connectivity index (χ2n) is 4.07. The fraction of sp³-hybridized carbons (Fsp3) is 0.900. The van der Waals surface area contributed by atoms with Crippen molar-refractivity contribution in [1.82, 2.24) is 15.8 Å². The summed E-state index contributed by atoms with van der Waals surface area (Å²) >= 11 is 0. The molecule has 1 amide bonds. The van der Waals surface area contributed by atoms with Crippen molar-refractivity contribution in [2.45, 2.75) is 44.7 Å². The van der Waals surface area contributed by atoms with E-state index in [0.717, 1.165) is 32.4 Å². The standard InChI is InChI=1S/C10H18N3O/c14-10-6-2-4-8-13(12-10)9-5-1-3-7-11-9/h9H,1-8H2,(H,12,14). The van der Waals surface area contributed by atoms with E-state index in [1.165, 1.54) is 12.8 Å². The summed E-state index contributed by atoms with van der Waals surface area (Å²) in [6.07, 6.45) is 6.56. The maximum atomic E-state index is 11.3. The maximum Gasteiger partial charge on any atom is 0.234 e. The van der Waals surface area contributed by atoms with Crippen LogP contribution in [0, 0.1) is 0 Å². The molecule has 2 aliphatic rings. The summed E-state index contributed by atoms with van der Waals surface area (Å²) in [5.41, 5.74) is 2.95. The quantitative estimate of drug-likeness (QED) is 0.668. The molecule has 2 heterocycles. The third-order valence-corrected chi connectivity index (χ3v) is 2.89. The van der Waals surface area contributed by atoms with Crippen LogP contribution in [0.3, 0.4) is 0 Å². The van der Waals surface area contributed by atoms with Crippen LogP contribution in [0.2, 0.25) is 0 Å². The summed E-state index contributed by atoms with van der Waals surface area (Å²) in [6, 6.07) is 0. The monoisotopic (exact) mass is 196 g/mol. The van der Waals surface area contributed by atoms with Crippen LogP contribution in [-0.2, 0) is 4.79 Å². The molecule has 14 heavy (non-hydrogen) atoms. The summed E-state index contributed by atoms with van der Waals surface area (Å²) in [5.74, 6) is 0.156. The first-order valence-corrected chi connectivity index (χ1v) is 5.59. The lowest BCUT2D eigenvalue weighted by molar-refractivity contribution is -0.126. The van der Waals surface area contributed by atoms with E-state index >= 15 is 0 Å². The van der Waals surface area contributed by atoms with Gasteiger partial charge in [-0.1, -0.05) is 0 Å². The minimum absolute atomic E-state index is 0.156.